The number of carbonyl (C=O) groups is 1. The average molecular weight is 232 g/mol. The number of benzene rings is 1. The summed E-state index contributed by atoms with van der Waals surface area (Å²) in [5, 5.41) is 17.9. The number of hydrogen-bond acceptors (Lipinski definition) is 3. The van der Waals surface area contributed by atoms with Gasteiger partial charge in [0.05, 0.1) is 23.8 Å². The van der Waals surface area contributed by atoms with E-state index in [2.05, 4.69) is 0 Å². The van der Waals surface area contributed by atoms with E-state index in [0.29, 0.717) is 11.1 Å². The van der Waals surface area contributed by atoms with Gasteiger partial charge in [0, 0.05) is 12.6 Å². The summed E-state index contributed by atoms with van der Waals surface area (Å²) in [4.78, 5) is 13.6. The molecule has 0 aliphatic rings. The van der Waals surface area contributed by atoms with Gasteiger partial charge in [-0.05, 0) is 38.1 Å². The molecule has 1 rings (SSSR count). The van der Waals surface area contributed by atoms with Gasteiger partial charge in [-0.2, -0.15) is 5.26 Å². The number of hydrogen-bond donors (Lipinski definition) is 1. The summed E-state index contributed by atoms with van der Waals surface area (Å²) in [5.74, 6) is -0.173. The van der Waals surface area contributed by atoms with Crippen LogP contribution in [0.5, 0.6) is 0 Å². The lowest BCUT2D eigenvalue weighted by Crippen LogP contribution is -2.47. The number of nitriles is 1. The maximum atomic E-state index is 12.1. The van der Waals surface area contributed by atoms with Crippen LogP contribution >= 0.6 is 0 Å². The summed E-state index contributed by atoms with van der Waals surface area (Å²) < 4.78 is 0. The minimum Gasteiger partial charge on any atom is -0.394 e. The molecule has 1 N–H and O–H groups in total. The van der Waals surface area contributed by atoms with Crippen LogP contribution in [0.4, 0.5) is 0 Å². The van der Waals surface area contributed by atoms with Crippen molar-refractivity contribution >= 4 is 5.91 Å². The second-order valence-electron chi connectivity index (χ2n) is 4.52. The van der Waals surface area contributed by atoms with Gasteiger partial charge in [0.15, 0.2) is 0 Å². The molecular formula is C13H16N2O2. The van der Waals surface area contributed by atoms with E-state index in [1.165, 1.54) is 4.90 Å². The van der Waals surface area contributed by atoms with Crippen molar-refractivity contribution in [1.82, 2.24) is 4.90 Å². The zero-order chi connectivity index (χ0) is 13.1. The van der Waals surface area contributed by atoms with Gasteiger partial charge in [0.25, 0.3) is 5.91 Å². The van der Waals surface area contributed by atoms with Crippen LogP contribution in [0.2, 0.25) is 0 Å². The molecule has 1 aromatic rings. The number of amides is 1. The quantitative estimate of drug-likeness (QED) is 0.856. The highest BCUT2D eigenvalue weighted by molar-refractivity contribution is 5.94. The maximum absolute atomic E-state index is 12.1. The standard InChI is InChI=1S/C13H16N2O2/c1-13(2,9-16)15(3)12(17)11-6-4-10(8-14)5-7-11/h4-7,16H,9H2,1-3H3. The van der Waals surface area contributed by atoms with E-state index in [1.54, 1.807) is 45.2 Å². The summed E-state index contributed by atoms with van der Waals surface area (Å²) in [6.07, 6.45) is 0. The van der Waals surface area contributed by atoms with E-state index < -0.39 is 5.54 Å². The molecule has 17 heavy (non-hydrogen) atoms. The Balaban J connectivity index is 2.93. The molecule has 1 amide bonds. The SMILES string of the molecule is CN(C(=O)c1ccc(C#N)cc1)C(C)(C)CO. The normalized spacial score (nSPS) is 10.8. The number of carbonyl (C=O) groups excluding carboxylic acids is 1. The third kappa shape index (κ3) is 2.83. The van der Waals surface area contributed by atoms with Crippen molar-refractivity contribution in [2.45, 2.75) is 19.4 Å². The van der Waals surface area contributed by atoms with Gasteiger partial charge in [-0.1, -0.05) is 0 Å². The molecule has 0 aliphatic carbocycles. The van der Waals surface area contributed by atoms with Crippen LogP contribution in [-0.2, 0) is 0 Å². The first-order valence-corrected chi connectivity index (χ1v) is 5.31. The lowest BCUT2D eigenvalue weighted by atomic mass is 10.0. The van der Waals surface area contributed by atoms with E-state index in [1.807, 2.05) is 6.07 Å². The Morgan fingerprint density at radius 3 is 2.35 bits per heavy atom. The van der Waals surface area contributed by atoms with Crippen molar-refractivity contribution in [2.24, 2.45) is 0 Å². The highest BCUT2D eigenvalue weighted by Crippen LogP contribution is 2.15. The fourth-order valence-electron chi connectivity index (χ4n) is 1.26. The molecule has 0 spiro atoms. The van der Waals surface area contributed by atoms with Crippen LogP contribution < -0.4 is 0 Å². The van der Waals surface area contributed by atoms with Gasteiger partial charge < -0.3 is 10.0 Å². The minimum atomic E-state index is -0.606. The van der Waals surface area contributed by atoms with Gasteiger partial charge in [-0.25, -0.2) is 0 Å². The van der Waals surface area contributed by atoms with Crippen LogP contribution in [0.1, 0.15) is 29.8 Å². The number of likely N-dealkylation sites (N-methyl/N-ethyl adjacent to an activating group) is 1. The number of nitrogens with zero attached hydrogens (tertiary/aromatic N) is 2. The third-order valence-electron chi connectivity index (χ3n) is 2.86. The minimum absolute atomic E-state index is 0.106. The zero-order valence-electron chi connectivity index (χ0n) is 10.3. The fraction of sp³-hybridized carbons (Fsp3) is 0.385. The summed E-state index contributed by atoms with van der Waals surface area (Å²) in [6.45, 7) is 3.47. The Morgan fingerprint density at radius 2 is 1.94 bits per heavy atom. The highest BCUT2D eigenvalue weighted by Gasteiger charge is 2.27. The molecule has 1 aromatic carbocycles. The first kappa shape index (κ1) is 13.2. The Bertz CT molecular complexity index is 443. The van der Waals surface area contributed by atoms with E-state index in [0.717, 1.165) is 0 Å². The van der Waals surface area contributed by atoms with E-state index in [9.17, 15) is 9.90 Å². The third-order valence-corrected chi connectivity index (χ3v) is 2.86. The lowest BCUT2D eigenvalue weighted by molar-refractivity contribution is 0.0473. The molecule has 0 fully saturated rings. The Morgan fingerprint density at radius 1 is 1.41 bits per heavy atom. The molecule has 0 heterocycles. The molecule has 4 nitrogen and oxygen atoms in total. The summed E-state index contributed by atoms with van der Waals surface area (Å²) in [6, 6.07) is 8.44. The van der Waals surface area contributed by atoms with Crippen LogP contribution in [0.15, 0.2) is 24.3 Å². The topological polar surface area (TPSA) is 64.3 Å². The molecule has 0 aromatic heterocycles. The molecule has 0 unspecified atom stereocenters. The molecule has 0 bridgehead atoms. The zero-order valence-corrected chi connectivity index (χ0v) is 10.3. The lowest BCUT2D eigenvalue weighted by Gasteiger charge is -2.34. The van der Waals surface area contributed by atoms with Crippen LogP contribution in [0, 0.1) is 11.3 Å². The van der Waals surface area contributed by atoms with Gasteiger partial charge in [0.1, 0.15) is 0 Å². The van der Waals surface area contributed by atoms with E-state index in [4.69, 9.17) is 5.26 Å². The van der Waals surface area contributed by atoms with E-state index in [-0.39, 0.29) is 12.5 Å². The van der Waals surface area contributed by atoms with Crippen molar-refractivity contribution < 1.29 is 9.90 Å². The van der Waals surface area contributed by atoms with Gasteiger partial charge >= 0.3 is 0 Å². The molecule has 4 heteroatoms. The largest absolute Gasteiger partial charge is 0.394 e. The predicted molar refractivity (Wildman–Crippen MR) is 64.4 cm³/mol. The second kappa shape index (κ2) is 4.98. The maximum Gasteiger partial charge on any atom is 0.254 e. The van der Waals surface area contributed by atoms with Crippen molar-refractivity contribution in [3.05, 3.63) is 35.4 Å². The van der Waals surface area contributed by atoms with Gasteiger partial charge in [0.2, 0.25) is 0 Å². The Hall–Kier alpha value is -1.86. The second-order valence-corrected chi connectivity index (χ2v) is 4.52. The smallest absolute Gasteiger partial charge is 0.254 e. The Kier molecular flexibility index (Phi) is 3.87. The molecular weight excluding hydrogens is 216 g/mol. The molecule has 0 radical (unpaired) electrons. The monoisotopic (exact) mass is 232 g/mol. The number of aliphatic hydroxyl groups excluding tert-OH is 1. The summed E-state index contributed by atoms with van der Waals surface area (Å²) >= 11 is 0. The fourth-order valence-corrected chi connectivity index (χ4v) is 1.26. The molecule has 0 saturated heterocycles. The predicted octanol–water partition coefficient (Wildman–Crippen LogP) is 1.40. The summed E-state index contributed by atoms with van der Waals surface area (Å²) in [7, 11) is 1.65. The van der Waals surface area contributed by atoms with Crippen molar-refractivity contribution in [3.8, 4) is 6.07 Å². The van der Waals surface area contributed by atoms with E-state index >= 15 is 0 Å². The van der Waals surface area contributed by atoms with Crippen molar-refractivity contribution in [3.63, 3.8) is 0 Å². The highest BCUT2D eigenvalue weighted by atomic mass is 16.3. The van der Waals surface area contributed by atoms with Crippen LogP contribution in [0.3, 0.4) is 0 Å². The Labute approximate surface area is 101 Å². The number of rotatable bonds is 3. The molecule has 0 aliphatic heterocycles. The number of aliphatic hydroxyl groups is 1. The van der Waals surface area contributed by atoms with Crippen LogP contribution in [-0.4, -0.2) is 35.1 Å². The summed E-state index contributed by atoms with van der Waals surface area (Å²) in [5.41, 5.74) is 0.420. The molecule has 0 saturated carbocycles. The van der Waals surface area contributed by atoms with Crippen molar-refractivity contribution in [1.29, 1.82) is 5.26 Å². The average Bonchev–Trinajstić information content (AvgIpc) is 2.37. The first-order valence-electron chi connectivity index (χ1n) is 5.31. The van der Waals surface area contributed by atoms with Crippen LogP contribution in [0.25, 0.3) is 0 Å². The molecule has 0 atom stereocenters. The van der Waals surface area contributed by atoms with Gasteiger partial charge in [-0.15, -0.1) is 0 Å². The van der Waals surface area contributed by atoms with Gasteiger partial charge in [-0.3, -0.25) is 4.79 Å². The first-order chi connectivity index (χ1) is 7.92. The van der Waals surface area contributed by atoms with Crippen molar-refractivity contribution in [2.75, 3.05) is 13.7 Å². The molecule has 90 valence electrons.